The lowest BCUT2D eigenvalue weighted by Gasteiger charge is -2.23. The first-order valence-corrected chi connectivity index (χ1v) is 5.11. The molecular formula is C12H14O3. The van der Waals surface area contributed by atoms with Gasteiger partial charge in [0.15, 0.2) is 5.78 Å². The van der Waals surface area contributed by atoms with Gasteiger partial charge in [0, 0.05) is 6.07 Å². The van der Waals surface area contributed by atoms with Gasteiger partial charge >= 0.3 is 0 Å². The smallest absolute Gasteiger partial charge is 0.163 e. The van der Waals surface area contributed by atoms with E-state index in [4.69, 9.17) is 4.74 Å². The second-order valence-electron chi connectivity index (χ2n) is 4.00. The number of carbonyl (C=O) groups is 1. The summed E-state index contributed by atoms with van der Waals surface area (Å²) < 4.78 is 5.58. The van der Waals surface area contributed by atoms with Crippen LogP contribution in [0.15, 0.2) is 12.1 Å². The fourth-order valence-electron chi connectivity index (χ4n) is 1.84. The Kier molecular flexibility index (Phi) is 2.39. The van der Waals surface area contributed by atoms with Crippen molar-refractivity contribution in [2.75, 3.05) is 0 Å². The van der Waals surface area contributed by atoms with Gasteiger partial charge in [0.25, 0.3) is 0 Å². The van der Waals surface area contributed by atoms with Gasteiger partial charge in [-0.2, -0.15) is 0 Å². The Morgan fingerprint density at radius 1 is 1.53 bits per heavy atom. The molecule has 1 aliphatic rings. The molecule has 1 unspecified atom stereocenters. The number of aromatic hydroxyl groups is 1. The van der Waals surface area contributed by atoms with E-state index in [1.54, 1.807) is 12.1 Å². The number of phenolic OH excluding ortho intramolecular Hbond substituents is 1. The average Bonchev–Trinajstić information content (AvgIpc) is 2.15. The summed E-state index contributed by atoms with van der Waals surface area (Å²) in [6.45, 7) is 3.45. The lowest BCUT2D eigenvalue weighted by atomic mass is 9.98. The predicted octanol–water partition coefficient (Wildman–Crippen LogP) is 2.31. The van der Waals surface area contributed by atoms with Gasteiger partial charge < -0.3 is 9.84 Å². The summed E-state index contributed by atoms with van der Waals surface area (Å²) in [6.07, 6.45) is 2.03. The monoisotopic (exact) mass is 206 g/mol. The van der Waals surface area contributed by atoms with Crippen LogP contribution in [0.4, 0.5) is 0 Å². The maximum Gasteiger partial charge on any atom is 0.163 e. The van der Waals surface area contributed by atoms with Crippen LogP contribution in [-0.4, -0.2) is 17.0 Å². The van der Waals surface area contributed by atoms with Gasteiger partial charge in [-0.05, 0) is 38.3 Å². The first kappa shape index (κ1) is 10.0. The highest BCUT2D eigenvalue weighted by Gasteiger charge is 2.19. The molecule has 0 spiro atoms. The minimum Gasteiger partial charge on any atom is -0.507 e. The summed E-state index contributed by atoms with van der Waals surface area (Å²) in [5.41, 5.74) is 1.39. The molecule has 0 aromatic heterocycles. The Bertz CT molecular complexity index is 410. The molecule has 1 aromatic rings. The van der Waals surface area contributed by atoms with Gasteiger partial charge in [0.2, 0.25) is 0 Å². The molecule has 1 aromatic carbocycles. The normalized spacial score (nSPS) is 19.2. The molecule has 0 radical (unpaired) electrons. The number of hydrogen-bond acceptors (Lipinski definition) is 3. The van der Waals surface area contributed by atoms with Crippen LogP contribution in [0.1, 0.15) is 36.2 Å². The third-order valence-electron chi connectivity index (χ3n) is 2.71. The zero-order valence-corrected chi connectivity index (χ0v) is 8.91. The lowest BCUT2D eigenvalue weighted by molar-refractivity contribution is 0.101. The van der Waals surface area contributed by atoms with E-state index in [9.17, 15) is 9.90 Å². The van der Waals surface area contributed by atoms with Gasteiger partial charge in [0.1, 0.15) is 11.5 Å². The molecule has 1 atom stereocenters. The van der Waals surface area contributed by atoms with E-state index in [0.29, 0.717) is 11.3 Å². The maximum atomic E-state index is 11.2. The third-order valence-corrected chi connectivity index (χ3v) is 2.71. The Hall–Kier alpha value is -1.51. The highest BCUT2D eigenvalue weighted by molar-refractivity contribution is 5.97. The number of benzene rings is 1. The SMILES string of the molecule is CC(=O)c1cc2c(cc1O)OC(C)CC2. The second kappa shape index (κ2) is 3.57. The molecule has 15 heavy (non-hydrogen) atoms. The lowest BCUT2D eigenvalue weighted by Crippen LogP contribution is -2.19. The number of rotatable bonds is 1. The minimum absolute atomic E-state index is 0.00958. The third kappa shape index (κ3) is 1.82. The molecule has 80 valence electrons. The van der Waals surface area contributed by atoms with Crippen molar-refractivity contribution >= 4 is 5.78 Å². The molecule has 1 N–H and O–H groups in total. The first-order valence-electron chi connectivity index (χ1n) is 5.11. The van der Waals surface area contributed by atoms with E-state index >= 15 is 0 Å². The van der Waals surface area contributed by atoms with Crippen LogP contribution in [0.25, 0.3) is 0 Å². The van der Waals surface area contributed by atoms with E-state index < -0.39 is 0 Å². The molecule has 0 amide bonds. The molecule has 2 rings (SSSR count). The number of ether oxygens (including phenoxy) is 1. The molecule has 0 bridgehead atoms. The van der Waals surface area contributed by atoms with E-state index in [2.05, 4.69) is 0 Å². The van der Waals surface area contributed by atoms with Gasteiger partial charge in [-0.3, -0.25) is 4.79 Å². The second-order valence-corrected chi connectivity index (χ2v) is 4.00. The molecule has 0 fully saturated rings. The number of carbonyl (C=O) groups excluding carboxylic acids is 1. The van der Waals surface area contributed by atoms with Crippen molar-refractivity contribution in [1.82, 2.24) is 0 Å². The van der Waals surface area contributed by atoms with Crippen LogP contribution in [-0.2, 0) is 6.42 Å². The zero-order chi connectivity index (χ0) is 11.0. The Morgan fingerprint density at radius 2 is 2.27 bits per heavy atom. The molecule has 3 heteroatoms. The summed E-state index contributed by atoms with van der Waals surface area (Å²) in [5.74, 6) is 0.598. The van der Waals surface area contributed by atoms with Gasteiger partial charge in [0.05, 0.1) is 11.7 Å². The number of Topliss-reactive ketones (excluding diaryl/α,β-unsaturated/α-hetero) is 1. The first-order chi connectivity index (χ1) is 7.08. The average molecular weight is 206 g/mol. The van der Waals surface area contributed by atoms with Crippen LogP contribution >= 0.6 is 0 Å². The van der Waals surface area contributed by atoms with Crippen LogP contribution in [0.3, 0.4) is 0 Å². The number of fused-ring (bicyclic) bond motifs is 1. The van der Waals surface area contributed by atoms with Crippen molar-refractivity contribution in [3.63, 3.8) is 0 Å². The van der Waals surface area contributed by atoms with Crippen LogP contribution in [0.2, 0.25) is 0 Å². The van der Waals surface area contributed by atoms with Crippen molar-refractivity contribution in [3.05, 3.63) is 23.3 Å². The Morgan fingerprint density at radius 3 is 2.93 bits per heavy atom. The summed E-state index contributed by atoms with van der Waals surface area (Å²) in [4.78, 5) is 11.2. The Labute approximate surface area is 88.7 Å². The van der Waals surface area contributed by atoms with E-state index in [-0.39, 0.29) is 17.6 Å². The molecule has 1 aliphatic heterocycles. The zero-order valence-electron chi connectivity index (χ0n) is 8.91. The summed E-state index contributed by atoms with van der Waals surface area (Å²) in [6, 6.07) is 3.28. The molecular weight excluding hydrogens is 192 g/mol. The van der Waals surface area contributed by atoms with Gasteiger partial charge in [-0.15, -0.1) is 0 Å². The van der Waals surface area contributed by atoms with Gasteiger partial charge in [-0.25, -0.2) is 0 Å². The van der Waals surface area contributed by atoms with E-state index in [1.807, 2.05) is 6.92 Å². The molecule has 0 saturated heterocycles. The van der Waals surface area contributed by atoms with Crippen molar-refractivity contribution < 1.29 is 14.6 Å². The van der Waals surface area contributed by atoms with E-state index in [1.165, 1.54) is 6.92 Å². The number of phenols is 1. The molecule has 0 saturated carbocycles. The quantitative estimate of drug-likeness (QED) is 0.717. The van der Waals surface area contributed by atoms with Crippen LogP contribution < -0.4 is 4.74 Å². The maximum absolute atomic E-state index is 11.2. The number of aryl methyl sites for hydroxylation is 1. The van der Waals surface area contributed by atoms with Gasteiger partial charge in [-0.1, -0.05) is 0 Å². The van der Waals surface area contributed by atoms with Crippen molar-refractivity contribution in [2.24, 2.45) is 0 Å². The predicted molar refractivity (Wildman–Crippen MR) is 56.5 cm³/mol. The van der Waals surface area contributed by atoms with Crippen molar-refractivity contribution in [1.29, 1.82) is 0 Å². The van der Waals surface area contributed by atoms with Crippen LogP contribution in [0, 0.1) is 0 Å². The molecule has 3 nitrogen and oxygen atoms in total. The highest BCUT2D eigenvalue weighted by atomic mass is 16.5. The van der Waals surface area contributed by atoms with Crippen molar-refractivity contribution in [3.8, 4) is 11.5 Å². The van der Waals surface area contributed by atoms with Crippen molar-refractivity contribution in [2.45, 2.75) is 32.8 Å². The standard InChI is InChI=1S/C12H14O3/c1-7-3-4-9-5-10(8(2)13)11(14)6-12(9)15-7/h5-7,14H,3-4H2,1-2H3. The Balaban J connectivity index is 2.46. The largest absolute Gasteiger partial charge is 0.507 e. The number of hydrogen-bond donors (Lipinski definition) is 1. The summed E-state index contributed by atoms with van der Waals surface area (Å²) in [7, 11) is 0. The number of ketones is 1. The fraction of sp³-hybridized carbons (Fsp3) is 0.417. The molecule has 1 heterocycles. The van der Waals surface area contributed by atoms with E-state index in [0.717, 1.165) is 18.4 Å². The summed E-state index contributed by atoms with van der Waals surface area (Å²) in [5, 5.41) is 9.62. The fourth-order valence-corrected chi connectivity index (χ4v) is 1.84. The topological polar surface area (TPSA) is 46.5 Å². The van der Waals surface area contributed by atoms with Crippen LogP contribution in [0.5, 0.6) is 11.5 Å². The molecule has 0 aliphatic carbocycles. The highest BCUT2D eigenvalue weighted by Crippen LogP contribution is 2.33. The summed E-state index contributed by atoms with van der Waals surface area (Å²) >= 11 is 0. The minimum atomic E-state index is -0.117.